The molecule has 2 N–H and O–H groups in total. The summed E-state index contributed by atoms with van der Waals surface area (Å²) in [6.45, 7) is 0.231. The Bertz CT molecular complexity index is 473. The van der Waals surface area contributed by atoms with Crippen LogP contribution >= 0.6 is 15.9 Å². The van der Waals surface area contributed by atoms with E-state index < -0.39 is 29.2 Å². The summed E-state index contributed by atoms with van der Waals surface area (Å²) in [4.78, 5) is 11.8. The lowest BCUT2D eigenvalue weighted by atomic mass is 10.1. The van der Waals surface area contributed by atoms with Crippen LogP contribution < -0.4 is 5.32 Å². The molecule has 2 rings (SSSR count). The third-order valence-corrected chi connectivity index (χ3v) is 3.84. The number of carbonyl (C=O) groups is 1. The molecule has 1 amide bonds. The quantitative estimate of drug-likeness (QED) is 0.893. The van der Waals surface area contributed by atoms with Crippen LogP contribution in [-0.2, 0) is 0 Å². The number of halogens is 3. The molecule has 2 atom stereocenters. The third-order valence-electron chi connectivity index (χ3n) is 3.38. The van der Waals surface area contributed by atoms with Crippen LogP contribution in [0.15, 0.2) is 16.6 Å². The Morgan fingerprint density at radius 3 is 2.53 bits per heavy atom. The number of hydrogen-bond acceptors (Lipinski definition) is 2. The van der Waals surface area contributed by atoms with E-state index in [0.717, 1.165) is 25.0 Å². The number of aliphatic hydroxyl groups is 1. The van der Waals surface area contributed by atoms with Gasteiger partial charge in [-0.15, -0.1) is 0 Å². The highest BCUT2D eigenvalue weighted by Crippen LogP contribution is 2.25. The van der Waals surface area contributed by atoms with Crippen molar-refractivity contribution < 1.29 is 18.7 Å². The number of rotatable bonds is 3. The van der Waals surface area contributed by atoms with Gasteiger partial charge in [0.2, 0.25) is 0 Å². The molecule has 0 aliphatic heterocycles. The predicted octanol–water partition coefficient (Wildman–Crippen LogP) is 2.62. The van der Waals surface area contributed by atoms with E-state index in [1.807, 2.05) is 0 Å². The van der Waals surface area contributed by atoms with Crippen LogP contribution in [0.4, 0.5) is 8.78 Å². The first kappa shape index (κ1) is 14.4. The molecule has 1 aromatic rings. The molecule has 19 heavy (non-hydrogen) atoms. The third kappa shape index (κ3) is 3.30. The Kier molecular flexibility index (Phi) is 4.52. The van der Waals surface area contributed by atoms with Gasteiger partial charge in [-0.1, -0.05) is 22.4 Å². The smallest absolute Gasteiger partial charge is 0.257 e. The Morgan fingerprint density at radius 2 is 2.00 bits per heavy atom. The molecule has 0 spiro atoms. The molecule has 0 heterocycles. The van der Waals surface area contributed by atoms with E-state index in [2.05, 4.69) is 21.2 Å². The monoisotopic (exact) mass is 333 g/mol. The maximum Gasteiger partial charge on any atom is 0.257 e. The molecule has 1 aromatic carbocycles. The number of nitrogens with one attached hydrogen (secondary N) is 1. The van der Waals surface area contributed by atoms with Gasteiger partial charge in [-0.3, -0.25) is 4.79 Å². The zero-order valence-electron chi connectivity index (χ0n) is 10.1. The fourth-order valence-electron chi connectivity index (χ4n) is 2.33. The van der Waals surface area contributed by atoms with Gasteiger partial charge in [0, 0.05) is 16.9 Å². The molecule has 6 heteroatoms. The number of hydrogen-bond donors (Lipinski definition) is 2. The summed E-state index contributed by atoms with van der Waals surface area (Å²) >= 11 is 2.95. The summed E-state index contributed by atoms with van der Waals surface area (Å²) in [6, 6.07) is 2.09. The van der Waals surface area contributed by atoms with E-state index in [1.54, 1.807) is 0 Å². The number of benzene rings is 1. The molecule has 1 saturated carbocycles. The highest BCUT2D eigenvalue weighted by Gasteiger charge is 2.26. The largest absolute Gasteiger partial charge is 0.393 e. The Balaban J connectivity index is 2.04. The molecular formula is C13H14BrF2NO2. The van der Waals surface area contributed by atoms with Crippen molar-refractivity contribution in [3.63, 3.8) is 0 Å². The maximum absolute atomic E-state index is 13.6. The Hall–Kier alpha value is -1.01. The minimum Gasteiger partial charge on any atom is -0.393 e. The first-order valence-corrected chi connectivity index (χ1v) is 6.89. The second kappa shape index (κ2) is 5.96. The summed E-state index contributed by atoms with van der Waals surface area (Å²) in [5, 5.41) is 12.1. The van der Waals surface area contributed by atoms with Crippen molar-refractivity contribution in [1.82, 2.24) is 5.32 Å². The first-order valence-electron chi connectivity index (χ1n) is 6.10. The summed E-state index contributed by atoms with van der Waals surface area (Å²) in [5.74, 6) is -2.64. The first-order chi connectivity index (χ1) is 8.99. The lowest BCUT2D eigenvalue weighted by Gasteiger charge is -2.15. The van der Waals surface area contributed by atoms with Crippen molar-refractivity contribution >= 4 is 21.8 Å². The van der Waals surface area contributed by atoms with Gasteiger partial charge >= 0.3 is 0 Å². The molecule has 1 aliphatic carbocycles. The average molecular weight is 334 g/mol. The SMILES string of the molecule is O=C(NCC1CCCC1O)c1c(F)cc(Br)cc1F. The van der Waals surface area contributed by atoms with Crippen LogP contribution in [-0.4, -0.2) is 23.7 Å². The molecule has 0 aromatic heterocycles. The van der Waals surface area contributed by atoms with Crippen molar-refractivity contribution in [3.05, 3.63) is 33.8 Å². The fraction of sp³-hybridized carbons (Fsp3) is 0.462. The molecule has 0 saturated heterocycles. The maximum atomic E-state index is 13.6. The topological polar surface area (TPSA) is 49.3 Å². The van der Waals surface area contributed by atoms with Crippen LogP contribution in [0.5, 0.6) is 0 Å². The minimum atomic E-state index is -0.906. The Labute approximate surface area is 118 Å². The second-order valence-electron chi connectivity index (χ2n) is 4.71. The lowest BCUT2D eigenvalue weighted by molar-refractivity contribution is 0.0909. The van der Waals surface area contributed by atoms with E-state index >= 15 is 0 Å². The lowest BCUT2D eigenvalue weighted by Crippen LogP contribution is -2.33. The van der Waals surface area contributed by atoms with Crippen molar-refractivity contribution in [2.24, 2.45) is 5.92 Å². The molecule has 0 bridgehead atoms. The van der Waals surface area contributed by atoms with Crippen molar-refractivity contribution in [1.29, 1.82) is 0 Å². The number of aliphatic hydroxyl groups excluding tert-OH is 1. The van der Waals surface area contributed by atoms with Gasteiger partial charge in [0.1, 0.15) is 17.2 Å². The van der Waals surface area contributed by atoms with E-state index in [9.17, 15) is 18.7 Å². The van der Waals surface area contributed by atoms with Gasteiger partial charge in [-0.05, 0) is 25.0 Å². The molecule has 3 nitrogen and oxygen atoms in total. The van der Waals surface area contributed by atoms with E-state index in [1.165, 1.54) is 0 Å². The highest BCUT2D eigenvalue weighted by atomic mass is 79.9. The van der Waals surface area contributed by atoms with E-state index in [0.29, 0.717) is 6.42 Å². The van der Waals surface area contributed by atoms with Crippen molar-refractivity contribution in [3.8, 4) is 0 Å². The van der Waals surface area contributed by atoms with Gasteiger partial charge in [-0.25, -0.2) is 8.78 Å². The molecule has 104 valence electrons. The molecule has 1 fully saturated rings. The zero-order valence-corrected chi connectivity index (χ0v) is 11.7. The average Bonchev–Trinajstić information content (AvgIpc) is 2.70. The highest BCUT2D eigenvalue weighted by molar-refractivity contribution is 9.10. The van der Waals surface area contributed by atoms with Gasteiger partial charge in [0.25, 0.3) is 5.91 Å². The normalized spacial score (nSPS) is 22.5. The zero-order chi connectivity index (χ0) is 14.0. The number of carbonyl (C=O) groups excluding carboxylic acids is 1. The summed E-state index contributed by atoms with van der Waals surface area (Å²) in [6.07, 6.45) is 1.98. The van der Waals surface area contributed by atoms with Gasteiger partial charge in [0.15, 0.2) is 0 Å². The standard InChI is InChI=1S/C13H14BrF2NO2/c14-8-4-9(15)12(10(16)5-8)13(19)17-6-7-2-1-3-11(7)18/h4-5,7,11,18H,1-3,6H2,(H,17,19). The molecule has 0 radical (unpaired) electrons. The fourth-order valence-corrected chi connectivity index (χ4v) is 2.73. The molecule has 2 unspecified atom stereocenters. The Morgan fingerprint density at radius 1 is 1.37 bits per heavy atom. The summed E-state index contributed by atoms with van der Waals surface area (Å²) in [5.41, 5.74) is -0.587. The minimum absolute atomic E-state index is 0.0366. The molecular weight excluding hydrogens is 320 g/mol. The van der Waals surface area contributed by atoms with Crippen molar-refractivity contribution in [2.75, 3.05) is 6.54 Å². The molecule has 1 aliphatic rings. The van der Waals surface area contributed by atoms with Crippen LogP contribution in [0.3, 0.4) is 0 Å². The summed E-state index contributed by atoms with van der Waals surface area (Å²) in [7, 11) is 0. The predicted molar refractivity (Wildman–Crippen MR) is 69.7 cm³/mol. The van der Waals surface area contributed by atoms with Gasteiger partial charge in [0.05, 0.1) is 6.10 Å². The number of amides is 1. The van der Waals surface area contributed by atoms with E-state index in [-0.39, 0.29) is 16.9 Å². The second-order valence-corrected chi connectivity index (χ2v) is 5.63. The summed E-state index contributed by atoms with van der Waals surface area (Å²) < 4.78 is 27.4. The van der Waals surface area contributed by atoms with Crippen molar-refractivity contribution in [2.45, 2.75) is 25.4 Å². The van der Waals surface area contributed by atoms with Gasteiger partial charge < -0.3 is 10.4 Å². The van der Waals surface area contributed by atoms with Crippen LogP contribution in [0.2, 0.25) is 0 Å². The van der Waals surface area contributed by atoms with Crippen LogP contribution in [0.25, 0.3) is 0 Å². The van der Waals surface area contributed by atoms with E-state index in [4.69, 9.17) is 0 Å². The van der Waals surface area contributed by atoms with Crippen LogP contribution in [0.1, 0.15) is 29.6 Å². The van der Waals surface area contributed by atoms with Crippen LogP contribution in [0, 0.1) is 17.6 Å². The van der Waals surface area contributed by atoms with Gasteiger partial charge in [-0.2, -0.15) is 0 Å².